The summed E-state index contributed by atoms with van der Waals surface area (Å²) in [6.45, 7) is 3.06. The van der Waals surface area contributed by atoms with Crippen LogP contribution in [0.2, 0.25) is 0 Å². The van der Waals surface area contributed by atoms with E-state index in [1.54, 1.807) is 11.3 Å². The van der Waals surface area contributed by atoms with Gasteiger partial charge < -0.3 is 10.6 Å². The van der Waals surface area contributed by atoms with Gasteiger partial charge in [0.2, 0.25) is 5.95 Å². The Bertz CT molecular complexity index is 767. The lowest BCUT2D eigenvalue weighted by molar-refractivity contribution is 0.940. The van der Waals surface area contributed by atoms with E-state index in [9.17, 15) is 0 Å². The van der Waals surface area contributed by atoms with Crippen molar-refractivity contribution in [3.63, 3.8) is 0 Å². The maximum absolute atomic E-state index is 4.60. The maximum Gasteiger partial charge on any atom is 0.225 e. The van der Waals surface area contributed by atoms with Crippen LogP contribution in [0.25, 0.3) is 10.2 Å². The molecule has 23 heavy (non-hydrogen) atoms. The van der Waals surface area contributed by atoms with Gasteiger partial charge in [0.15, 0.2) is 0 Å². The van der Waals surface area contributed by atoms with Gasteiger partial charge in [0, 0.05) is 18.5 Å². The van der Waals surface area contributed by atoms with E-state index < -0.39 is 0 Å². The van der Waals surface area contributed by atoms with Gasteiger partial charge in [0.25, 0.3) is 0 Å². The highest BCUT2D eigenvalue weighted by atomic mass is 32.1. The van der Waals surface area contributed by atoms with E-state index in [1.807, 2.05) is 13.1 Å². The summed E-state index contributed by atoms with van der Waals surface area (Å²) >= 11 is 1.76. The first-order valence-electron chi connectivity index (χ1n) is 8.06. The smallest absolute Gasteiger partial charge is 0.225 e. The number of hydrogen-bond acceptors (Lipinski definition) is 5. The molecule has 5 heteroatoms. The Labute approximate surface area is 141 Å². The predicted molar refractivity (Wildman–Crippen MR) is 99.6 cm³/mol. The number of fused-ring (bicyclic) bond motifs is 1. The summed E-state index contributed by atoms with van der Waals surface area (Å²) < 4.78 is 0. The molecule has 0 aliphatic rings. The predicted octanol–water partition coefficient (Wildman–Crippen LogP) is 4.34. The van der Waals surface area contributed by atoms with E-state index in [4.69, 9.17) is 0 Å². The van der Waals surface area contributed by atoms with Crippen LogP contribution in [0.4, 0.5) is 11.8 Å². The average Bonchev–Trinajstić information content (AvgIpc) is 2.98. The summed E-state index contributed by atoms with van der Waals surface area (Å²) in [5.41, 5.74) is 1.33. The third-order valence-electron chi connectivity index (χ3n) is 3.71. The van der Waals surface area contributed by atoms with Crippen molar-refractivity contribution in [3.05, 3.63) is 46.8 Å². The minimum absolute atomic E-state index is 0.671. The van der Waals surface area contributed by atoms with Gasteiger partial charge in [0.1, 0.15) is 10.6 Å². The lowest BCUT2D eigenvalue weighted by Gasteiger charge is -2.08. The Balaban J connectivity index is 1.80. The number of nitrogens with one attached hydrogen (secondary N) is 2. The molecule has 0 unspecified atom stereocenters. The van der Waals surface area contributed by atoms with Crippen molar-refractivity contribution in [2.24, 2.45) is 0 Å². The van der Waals surface area contributed by atoms with Crippen molar-refractivity contribution in [2.75, 3.05) is 24.2 Å². The molecular formula is C18H22N4S. The van der Waals surface area contributed by atoms with Crippen LogP contribution in [-0.4, -0.2) is 23.6 Å². The molecule has 2 aromatic heterocycles. The molecule has 2 heterocycles. The van der Waals surface area contributed by atoms with Crippen molar-refractivity contribution in [2.45, 2.75) is 26.2 Å². The van der Waals surface area contributed by atoms with Gasteiger partial charge in [0.05, 0.1) is 5.39 Å². The molecular weight excluding hydrogens is 304 g/mol. The lowest BCUT2D eigenvalue weighted by Crippen LogP contribution is -2.08. The SMILES string of the molecule is CCCc1cc2c(NCCc3ccccc3)nc(NC)nc2s1. The van der Waals surface area contributed by atoms with E-state index >= 15 is 0 Å². The number of thiophene rings is 1. The van der Waals surface area contributed by atoms with E-state index in [0.717, 1.165) is 41.8 Å². The zero-order valence-electron chi connectivity index (χ0n) is 13.6. The Hall–Kier alpha value is -2.14. The van der Waals surface area contributed by atoms with Gasteiger partial charge in [-0.15, -0.1) is 11.3 Å². The van der Waals surface area contributed by atoms with Crippen LogP contribution in [-0.2, 0) is 12.8 Å². The van der Waals surface area contributed by atoms with Crippen molar-refractivity contribution < 1.29 is 0 Å². The molecule has 120 valence electrons. The number of aromatic nitrogens is 2. The van der Waals surface area contributed by atoms with Gasteiger partial charge in [-0.25, -0.2) is 4.98 Å². The molecule has 0 aliphatic carbocycles. The highest BCUT2D eigenvalue weighted by Gasteiger charge is 2.11. The Morgan fingerprint density at radius 3 is 2.65 bits per heavy atom. The molecule has 1 aromatic carbocycles. The summed E-state index contributed by atoms with van der Waals surface area (Å²) in [6.07, 6.45) is 3.22. The molecule has 0 bridgehead atoms. The molecule has 0 saturated heterocycles. The second kappa shape index (κ2) is 7.42. The molecule has 0 saturated carbocycles. The van der Waals surface area contributed by atoms with Gasteiger partial charge in [-0.05, 0) is 24.5 Å². The fraction of sp³-hybridized carbons (Fsp3) is 0.333. The van der Waals surface area contributed by atoms with Crippen molar-refractivity contribution >= 4 is 33.3 Å². The molecule has 0 fully saturated rings. The number of rotatable bonds is 7. The number of nitrogens with zero attached hydrogens (tertiary/aromatic N) is 2. The summed E-state index contributed by atoms with van der Waals surface area (Å²) in [4.78, 5) is 11.6. The fourth-order valence-electron chi connectivity index (χ4n) is 2.56. The first-order chi connectivity index (χ1) is 11.3. The molecule has 0 atom stereocenters. The molecule has 0 radical (unpaired) electrons. The average molecular weight is 326 g/mol. The lowest BCUT2D eigenvalue weighted by atomic mass is 10.1. The van der Waals surface area contributed by atoms with Crippen molar-refractivity contribution in [1.82, 2.24) is 9.97 Å². The van der Waals surface area contributed by atoms with Gasteiger partial charge >= 0.3 is 0 Å². The second-order valence-electron chi connectivity index (χ2n) is 5.49. The van der Waals surface area contributed by atoms with Gasteiger partial charge in [-0.2, -0.15) is 4.98 Å². The Morgan fingerprint density at radius 1 is 1.09 bits per heavy atom. The van der Waals surface area contributed by atoms with Crippen LogP contribution in [0, 0.1) is 0 Å². The van der Waals surface area contributed by atoms with E-state index in [-0.39, 0.29) is 0 Å². The topological polar surface area (TPSA) is 49.8 Å². The molecule has 3 rings (SSSR count). The van der Waals surface area contributed by atoms with E-state index in [0.29, 0.717) is 5.95 Å². The van der Waals surface area contributed by atoms with Crippen LogP contribution in [0.15, 0.2) is 36.4 Å². The van der Waals surface area contributed by atoms with E-state index in [1.165, 1.54) is 10.4 Å². The molecule has 4 nitrogen and oxygen atoms in total. The van der Waals surface area contributed by atoms with Gasteiger partial charge in [-0.1, -0.05) is 43.7 Å². The zero-order chi connectivity index (χ0) is 16.1. The standard InChI is InChI=1S/C18H22N4S/c1-3-7-14-12-15-16(21-18(19-2)22-17(15)23-14)20-11-10-13-8-5-4-6-9-13/h4-6,8-9,12H,3,7,10-11H2,1-2H3,(H2,19,20,21,22). The normalized spacial score (nSPS) is 10.9. The highest BCUT2D eigenvalue weighted by molar-refractivity contribution is 7.18. The highest BCUT2D eigenvalue weighted by Crippen LogP contribution is 2.30. The first-order valence-corrected chi connectivity index (χ1v) is 8.87. The quantitative estimate of drug-likeness (QED) is 0.678. The number of anilines is 2. The third-order valence-corrected chi connectivity index (χ3v) is 4.80. The van der Waals surface area contributed by atoms with Crippen molar-refractivity contribution in [3.8, 4) is 0 Å². The van der Waals surface area contributed by atoms with Crippen molar-refractivity contribution in [1.29, 1.82) is 0 Å². The van der Waals surface area contributed by atoms with Crippen LogP contribution in [0.1, 0.15) is 23.8 Å². The maximum atomic E-state index is 4.60. The summed E-state index contributed by atoms with van der Waals surface area (Å²) in [6, 6.07) is 12.7. The van der Waals surface area contributed by atoms with Crippen LogP contribution in [0.5, 0.6) is 0 Å². The minimum Gasteiger partial charge on any atom is -0.369 e. The van der Waals surface area contributed by atoms with Crippen LogP contribution >= 0.6 is 11.3 Å². The number of hydrogen-bond donors (Lipinski definition) is 2. The largest absolute Gasteiger partial charge is 0.369 e. The number of aryl methyl sites for hydroxylation is 1. The van der Waals surface area contributed by atoms with Crippen LogP contribution < -0.4 is 10.6 Å². The molecule has 0 amide bonds. The van der Waals surface area contributed by atoms with Gasteiger partial charge in [-0.3, -0.25) is 0 Å². The monoisotopic (exact) mass is 326 g/mol. The minimum atomic E-state index is 0.671. The molecule has 0 spiro atoms. The summed E-state index contributed by atoms with van der Waals surface area (Å²) in [7, 11) is 1.86. The molecule has 3 aromatic rings. The third kappa shape index (κ3) is 3.79. The second-order valence-corrected chi connectivity index (χ2v) is 6.60. The Morgan fingerprint density at radius 2 is 1.91 bits per heavy atom. The van der Waals surface area contributed by atoms with E-state index in [2.05, 4.69) is 57.9 Å². The Kier molecular flexibility index (Phi) is 5.08. The zero-order valence-corrected chi connectivity index (χ0v) is 14.4. The number of benzene rings is 1. The molecule has 0 aliphatic heterocycles. The summed E-state index contributed by atoms with van der Waals surface area (Å²) in [5, 5.41) is 7.67. The summed E-state index contributed by atoms with van der Waals surface area (Å²) in [5.74, 6) is 1.60. The fourth-order valence-corrected chi connectivity index (χ4v) is 3.69. The first kappa shape index (κ1) is 15.7. The van der Waals surface area contributed by atoms with Crippen LogP contribution in [0.3, 0.4) is 0 Å². The molecule has 2 N–H and O–H groups in total.